The predicted molar refractivity (Wildman–Crippen MR) is 166 cm³/mol. The quantitative estimate of drug-likeness (QED) is 0.264. The fourth-order valence-electron chi connectivity index (χ4n) is 6.61. The third kappa shape index (κ3) is 7.48. The van der Waals surface area contributed by atoms with Crippen LogP contribution in [0.15, 0.2) is 52.9 Å². The van der Waals surface area contributed by atoms with Crippen LogP contribution in [0.1, 0.15) is 74.9 Å². The molecule has 3 amide bonds. The molecule has 46 heavy (non-hydrogen) atoms. The van der Waals surface area contributed by atoms with E-state index in [2.05, 4.69) is 10.6 Å². The number of carboxylic acids is 1. The Morgan fingerprint density at radius 1 is 1.02 bits per heavy atom. The second kappa shape index (κ2) is 13.5. The van der Waals surface area contributed by atoms with Crippen LogP contribution in [0.2, 0.25) is 0 Å². The lowest BCUT2D eigenvalue weighted by Crippen LogP contribution is -2.49. The number of benzene rings is 2. The van der Waals surface area contributed by atoms with Crippen LogP contribution in [0.3, 0.4) is 0 Å². The topological polar surface area (TPSA) is 138 Å². The molecule has 3 aromatic rings. The van der Waals surface area contributed by atoms with Crippen molar-refractivity contribution < 1.29 is 42.2 Å². The number of aromatic carboxylic acids is 1. The maximum Gasteiger partial charge on any atom is 0.407 e. The zero-order chi connectivity index (χ0) is 33.2. The van der Waals surface area contributed by atoms with Gasteiger partial charge in [0.25, 0.3) is 0 Å². The molecule has 1 saturated carbocycles. The maximum atomic E-state index is 14.0. The standard InChI is InChI=1S/C34H39F2N3O7/c1-34(2,3)46-33(44)38-26(18-35)20-4-6-21(7-5-20)31(41)39-15-14-25(19-8-10-23(36)11-9-19)29(39)30(40)37-24-12-13-27-22(16-24)17-28(45-27)32(42)43/h8-13,16-17,20-21,25-26,29H,4-7,14-15,18H2,1-3H3,(H,37,40)(H,38,44)(H,42,43)/t20-,21-,25-,26?,29-/m0/s1. The number of anilines is 1. The average molecular weight is 640 g/mol. The van der Waals surface area contributed by atoms with Crippen molar-refractivity contribution in [3.05, 3.63) is 65.7 Å². The van der Waals surface area contributed by atoms with Gasteiger partial charge in [0, 0.05) is 29.5 Å². The number of furan rings is 1. The number of amides is 3. The fraction of sp³-hybridized carbons (Fsp3) is 0.471. The molecule has 1 aromatic heterocycles. The largest absolute Gasteiger partial charge is 0.475 e. The van der Waals surface area contributed by atoms with Gasteiger partial charge in [-0.3, -0.25) is 9.59 Å². The van der Waals surface area contributed by atoms with E-state index in [0.29, 0.717) is 55.3 Å². The number of nitrogens with zero attached hydrogens (tertiary/aromatic N) is 1. The number of ether oxygens (including phenoxy) is 1. The van der Waals surface area contributed by atoms with E-state index in [1.165, 1.54) is 18.2 Å². The number of likely N-dealkylation sites (tertiary alicyclic amines) is 1. The second-order valence-corrected chi connectivity index (χ2v) is 13.1. The van der Waals surface area contributed by atoms with E-state index in [1.54, 1.807) is 56.0 Å². The lowest BCUT2D eigenvalue weighted by Gasteiger charge is -2.36. The molecule has 1 saturated heterocycles. The zero-order valence-electron chi connectivity index (χ0n) is 26.1. The average Bonchev–Trinajstić information content (AvgIpc) is 3.64. The molecule has 0 bridgehead atoms. The van der Waals surface area contributed by atoms with Gasteiger partial charge in [0.15, 0.2) is 0 Å². The van der Waals surface area contributed by atoms with Crippen molar-refractivity contribution >= 4 is 40.5 Å². The SMILES string of the molecule is CC(C)(C)OC(=O)NC(CF)[C@H]1CC[C@H](C(=O)N2CC[C@@H](c3ccc(F)cc3)[C@H]2C(=O)Nc2ccc3oc(C(=O)O)cc3c2)CC1. The number of carbonyl (C=O) groups is 4. The first kappa shape index (κ1) is 32.9. The minimum atomic E-state index is -1.21. The summed E-state index contributed by atoms with van der Waals surface area (Å²) in [7, 11) is 0. The predicted octanol–water partition coefficient (Wildman–Crippen LogP) is 6.26. The normalized spacial score (nSPS) is 22.3. The minimum absolute atomic E-state index is 0.161. The number of carbonyl (C=O) groups excluding carboxylic acids is 3. The van der Waals surface area contributed by atoms with Crippen molar-refractivity contribution in [3.8, 4) is 0 Å². The Hall–Kier alpha value is -4.48. The molecule has 246 valence electrons. The monoisotopic (exact) mass is 639 g/mol. The Kier molecular flexibility index (Phi) is 9.64. The first-order chi connectivity index (χ1) is 21.8. The molecule has 12 heteroatoms. The molecule has 1 aliphatic carbocycles. The van der Waals surface area contributed by atoms with E-state index in [4.69, 9.17) is 9.15 Å². The first-order valence-electron chi connectivity index (χ1n) is 15.5. The summed E-state index contributed by atoms with van der Waals surface area (Å²) in [5.41, 5.74) is 0.776. The number of hydrogen-bond donors (Lipinski definition) is 3. The van der Waals surface area contributed by atoms with Crippen LogP contribution in [0.4, 0.5) is 19.3 Å². The highest BCUT2D eigenvalue weighted by Gasteiger charge is 2.45. The van der Waals surface area contributed by atoms with Crippen LogP contribution in [0.5, 0.6) is 0 Å². The number of rotatable bonds is 8. The van der Waals surface area contributed by atoms with E-state index in [-0.39, 0.29) is 29.4 Å². The van der Waals surface area contributed by atoms with E-state index in [0.717, 1.165) is 5.56 Å². The molecule has 2 fully saturated rings. The summed E-state index contributed by atoms with van der Waals surface area (Å²) in [6.45, 7) is 4.77. The van der Waals surface area contributed by atoms with E-state index >= 15 is 0 Å². The molecular weight excluding hydrogens is 600 g/mol. The molecule has 0 spiro atoms. The number of carboxylic acid groups (broad SMARTS) is 1. The Balaban J connectivity index is 1.30. The zero-order valence-corrected chi connectivity index (χ0v) is 26.1. The molecule has 1 aliphatic heterocycles. The van der Waals surface area contributed by atoms with Crippen molar-refractivity contribution in [3.63, 3.8) is 0 Å². The van der Waals surface area contributed by atoms with Gasteiger partial charge in [-0.15, -0.1) is 0 Å². The van der Waals surface area contributed by atoms with Crippen molar-refractivity contribution in [2.24, 2.45) is 11.8 Å². The Morgan fingerprint density at radius 2 is 1.72 bits per heavy atom. The van der Waals surface area contributed by atoms with Crippen LogP contribution in [-0.4, -0.2) is 64.8 Å². The van der Waals surface area contributed by atoms with Crippen molar-refractivity contribution in [1.82, 2.24) is 10.2 Å². The molecule has 3 atom stereocenters. The molecular formula is C34H39F2N3O7. The Labute approximate surface area is 265 Å². The van der Waals surface area contributed by atoms with Crippen LogP contribution < -0.4 is 10.6 Å². The van der Waals surface area contributed by atoms with Gasteiger partial charge in [-0.05, 0) is 101 Å². The van der Waals surface area contributed by atoms with Gasteiger partial charge in [0.2, 0.25) is 17.6 Å². The number of halogens is 2. The fourth-order valence-corrected chi connectivity index (χ4v) is 6.61. The smallest absolute Gasteiger partial charge is 0.407 e. The molecule has 2 aromatic carbocycles. The molecule has 3 N–H and O–H groups in total. The van der Waals surface area contributed by atoms with Crippen molar-refractivity contribution in [2.45, 2.75) is 76.5 Å². The third-order valence-electron chi connectivity index (χ3n) is 8.80. The molecule has 2 aliphatic rings. The minimum Gasteiger partial charge on any atom is -0.475 e. The number of alkyl carbamates (subject to hydrolysis) is 1. The number of hydrogen-bond acceptors (Lipinski definition) is 6. The molecule has 5 rings (SSSR count). The van der Waals surface area contributed by atoms with Gasteiger partial charge in [-0.25, -0.2) is 18.4 Å². The molecule has 2 heterocycles. The van der Waals surface area contributed by atoms with E-state index < -0.39 is 48.1 Å². The summed E-state index contributed by atoms with van der Waals surface area (Å²) in [5, 5.41) is 15.3. The molecule has 1 unspecified atom stereocenters. The van der Waals surface area contributed by atoms with E-state index in [1.807, 2.05) is 0 Å². The highest BCUT2D eigenvalue weighted by molar-refractivity contribution is 6.00. The van der Waals surface area contributed by atoms with Gasteiger partial charge in [-0.2, -0.15) is 0 Å². The summed E-state index contributed by atoms with van der Waals surface area (Å²) < 4.78 is 38.3. The Bertz CT molecular complexity index is 1590. The Morgan fingerprint density at radius 3 is 2.35 bits per heavy atom. The van der Waals surface area contributed by atoms with Gasteiger partial charge in [-0.1, -0.05) is 12.1 Å². The second-order valence-electron chi connectivity index (χ2n) is 13.1. The van der Waals surface area contributed by atoms with Crippen LogP contribution in [0.25, 0.3) is 11.0 Å². The highest BCUT2D eigenvalue weighted by Crippen LogP contribution is 2.39. The van der Waals surface area contributed by atoms with Crippen LogP contribution in [0, 0.1) is 17.7 Å². The summed E-state index contributed by atoms with van der Waals surface area (Å²) in [5.74, 6) is -3.36. The highest BCUT2D eigenvalue weighted by atomic mass is 19.1. The van der Waals surface area contributed by atoms with Crippen LogP contribution in [-0.2, 0) is 14.3 Å². The first-order valence-corrected chi connectivity index (χ1v) is 15.5. The number of nitrogens with one attached hydrogen (secondary N) is 2. The van der Waals surface area contributed by atoms with Gasteiger partial charge in [0.05, 0.1) is 6.04 Å². The molecule has 10 nitrogen and oxygen atoms in total. The van der Waals surface area contributed by atoms with E-state index in [9.17, 15) is 33.1 Å². The number of alkyl halides is 1. The maximum absolute atomic E-state index is 14.0. The van der Waals surface area contributed by atoms with Gasteiger partial charge < -0.3 is 29.8 Å². The summed E-state index contributed by atoms with van der Waals surface area (Å²) in [6, 6.07) is 10.4. The number of fused-ring (bicyclic) bond motifs is 1. The lowest BCUT2D eigenvalue weighted by atomic mass is 9.78. The van der Waals surface area contributed by atoms with Crippen molar-refractivity contribution in [1.29, 1.82) is 0 Å². The van der Waals surface area contributed by atoms with Crippen LogP contribution >= 0.6 is 0 Å². The summed E-state index contributed by atoms with van der Waals surface area (Å²) in [6.07, 6.45) is 1.82. The third-order valence-corrected chi connectivity index (χ3v) is 8.80. The van der Waals surface area contributed by atoms with Gasteiger partial charge >= 0.3 is 12.1 Å². The van der Waals surface area contributed by atoms with Crippen molar-refractivity contribution in [2.75, 3.05) is 18.5 Å². The lowest BCUT2D eigenvalue weighted by molar-refractivity contribution is -0.141. The molecule has 0 radical (unpaired) electrons. The summed E-state index contributed by atoms with van der Waals surface area (Å²) >= 11 is 0. The van der Waals surface area contributed by atoms with Gasteiger partial charge in [0.1, 0.15) is 29.7 Å². The summed E-state index contributed by atoms with van der Waals surface area (Å²) in [4.78, 5) is 53.1.